The highest BCUT2D eigenvalue weighted by atomic mass is 32.1. The van der Waals surface area contributed by atoms with Crippen molar-refractivity contribution in [3.05, 3.63) is 185 Å². The number of thiophene rings is 2. The Morgan fingerprint density at radius 3 is 1.39 bits per heavy atom. The summed E-state index contributed by atoms with van der Waals surface area (Å²) in [5.74, 6) is 2.18. The van der Waals surface area contributed by atoms with Gasteiger partial charge in [-0.05, 0) is 204 Å². The molecule has 11 nitrogen and oxygen atoms in total. The van der Waals surface area contributed by atoms with Gasteiger partial charge in [-0.1, -0.05) is 256 Å². The van der Waals surface area contributed by atoms with Gasteiger partial charge in [0.1, 0.15) is 51.4 Å². The first-order chi connectivity index (χ1) is 58.0. The molecule has 0 spiro atoms. The quantitative estimate of drug-likeness (QED) is 0.0129. The van der Waals surface area contributed by atoms with Gasteiger partial charge in [0, 0.05) is 74.7 Å². The highest BCUT2D eigenvalue weighted by Gasteiger charge is 2.46. The number of nitrogens with zero attached hydrogens (tertiary/aromatic N) is 5. The van der Waals surface area contributed by atoms with Gasteiger partial charge < -0.3 is 33.5 Å². The molecule has 0 unspecified atom stereocenters. The molecule has 118 heavy (non-hydrogen) atoms. The molecular weight excluding hydrogens is 1510 g/mol. The molecule has 14 aromatic rings. The maximum atomic E-state index is 12.4. The maximum absolute atomic E-state index is 12.4. The van der Waals surface area contributed by atoms with Gasteiger partial charge in [-0.2, -0.15) is 14.0 Å². The summed E-state index contributed by atoms with van der Waals surface area (Å²) in [5.41, 5.74) is 16.5. The van der Waals surface area contributed by atoms with Crippen LogP contribution in [0.25, 0.3) is 119 Å². The number of carbonyl (C=O) groups is 1. The van der Waals surface area contributed by atoms with Gasteiger partial charge in [0.15, 0.2) is 0 Å². The van der Waals surface area contributed by atoms with E-state index < -0.39 is 5.97 Å². The van der Waals surface area contributed by atoms with Crippen molar-refractivity contribution in [2.24, 2.45) is 0 Å². The first kappa shape index (κ1) is 83.3. The molecule has 0 bridgehead atoms. The number of rotatable bonds is 47. The van der Waals surface area contributed by atoms with Crippen molar-refractivity contribution in [1.29, 1.82) is 5.26 Å². The molecule has 15 rings (SSSR count). The molecule has 1 N–H and O–H groups in total. The lowest BCUT2D eigenvalue weighted by molar-refractivity contribution is -0.132. The molecule has 1 aliphatic carbocycles. The van der Waals surface area contributed by atoms with E-state index in [1.54, 1.807) is 17.4 Å². The number of carboxylic acids is 1. The van der Waals surface area contributed by atoms with E-state index in [9.17, 15) is 15.2 Å². The van der Waals surface area contributed by atoms with Gasteiger partial charge in [0.25, 0.3) is 0 Å². The van der Waals surface area contributed by atoms with Crippen LogP contribution in [0.2, 0.25) is 0 Å². The summed E-state index contributed by atoms with van der Waals surface area (Å²) in [7, 11) is 0. The van der Waals surface area contributed by atoms with E-state index in [1.807, 2.05) is 17.4 Å². The summed E-state index contributed by atoms with van der Waals surface area (Å²) in [6.07, 6.45) is 35.8. The zero-order valence-corrected chi connectivity index (χ0v) is 73.0. The van der Waals surface area contributed by atoms with Gasteiger partial charge in [-0.25, -0.2) is 4.79 Å². The van der Waals surface area contributed by atoms with Crippen molar-refractivity contribution in [1.82, 2.24) is 13.3 Å². The second-order valence-electron chi connectivity index (χ2n) is 33.0. The molecule has 0 amide bonds. The predicted molar refractivity (Wildman–Crippen MR) is 500 cm³/mol. The Bertz CT molecular complexity index is 5670. The van der Waals surface area contributed by atoms with Crippen molar-refractivity contribution >= 4 is 129 Å². The van der Waals surface area contributed by atoms with Crippen molar-refractivity contribution in [3.8, 4) is 77.2 Å². The predicted octanol–water partition coefficient (Wildman–Crippen LogP) is 31.6. The second kappa shape index (κ2) is 39.4. The number of unbranched alkanes of at least 4 members (excludes halogenated alkanes) is 22. The highest BCUT2D eigenvalue weighted by molar-refractivity contribution is 7.24. The van der Waals surface area contributed by atoms with E-state index in [-0.39, 0.29) is 11.0 Å². The Kier molecular flexibility index (Phi) is 27.8. The van der Waals surface area contributed by atoms with Crippen LogP contribution in [0.5, 0.6) is 23.0 Å². The zero-order chi connectivity index (χ0) is 81.5. The van der Waals surface area contributed by atoms with E-state index in [0.717, 1.165) is 206 Å². The third kappa shape index (κ3) is 17.5. The van der Waals surface area contributed by atoms with Crippen molar-refractivity contribution in [2.75, 3.05) is 31.3 Å². The topological polar surface area (TPSA) is 132 Å². The number of anilines is 3. The van der Waals surface area contributed by atoms with Gasteiger partial charge in [-0.15, -0.1) is 22.7 Å². The first-order valence-corrected chi connectivity index (χ1v) is 47.1. The van der Waals surface area contributed by atoms with E-state index >= 15 is 0 Å². The van der Waals surface area contributed by atoms with Crippen LogP contribution < -0.4 is 23.8 Å². The summed E-state index contributed by atoms with van der Waals surface area (Å²) in [6.45, 7) is 18.4. The van der Waals surface area contributed by atoms with Crippen LogP contribution in [-0.4, -0.2) is 50.8 Å². The van der Waals surface area contributed by atoms with Crippen LogP contribution >= 0.6 is 34.4 Å². The van der Waals surface area contributed by atoms with Gasteiger partial charge in [0.05, 0.1) is 49.2 Å². The molecule has 1 aliphatic rings. The minimum Gasteiger partial charge on any atom is -0.494 e. The summed E-state index contributed by atoms with van der Waals surface area (Å²) >= 11 is 4.73. The van der Waals surface area contributed by atoms with Crippen molar-refractivity contribution in [2.45, 2.75) is 247 Å². The Hall–Kier alpha value is -9.78. The Morgan fingerprint density at radius 2 is 0.881 bits per heavy atom. The number of carboxylic acid groups (broad SMARTS) is 1. The minimum absolute atomic E-state index is 0.249. The Labute approximate surface area is 711 Å². The number of aryl methyl sites for hydroxylation is 1. The first-order valence-electron chi connectivity index (χ1n) is 44.7. The van der Waals surface area contributed by atoms with Crippen molar-refractivity contribution < 1.29 is 28.8 Å². The van der Waals surface area contributed by atoms with Crippen LogP contribution in [0.3, 0.4) is 0 Å². The molecule has 0 aliphatic heterocycles. The van der Waals surface area contributed by atoms with Crippen LogP contribution in [-0.2, 0) is 10.2 Å². The lowest BCUT2D eigenvalue weighted by Gasteiger charge is -2.31. The Balaban J connectivity index is 0.911. The molecule has 0 radical (unpaired) electrons. The highest BCUT2D eigenvalue weighted by Crippen LogP contribution is 2.62. The molecule has 4 heterocycles. The number of aliphatic carboxylic acids is 1. The normalized spacial score (nSPS) is 12.7. The lowest BCUT2D eigenvalue weighted by Crippen LogP contribution is -2.25. The lowest BCUT2D eigenvalue weighted by atomic mass is 9.71. The Morgan fingerprint density at radius 1 is 0.458 bits per heavy atom. The molecule has 612 valence electrons. The third-order valence-electron chi connectivity index (χ3n) is 24.6. The average molecular weight is 1630 g/mol. The zero-order valence-electron chi connectivity index (χ0n) is 70.6. The largest absolute Gasteiger partial charge is 0.494 e. The molecule has 0 atom stereocenters. The van der Waals surface area contributed by atoms with E-state index in [4.69, 9.17) is 27.7 Å². The molecule has 0 saturated carbocycles. The molecule has 14 heteroatoms. The fraction of sp³-hybridized carbons (Fsp3) is 0.404. The summed E-state index contributed by atoms with van der Waals surface area (Å²) < 4.78 is 40.5. The average Bonchev–Trinajstić information content (AvgIpc) is 1.49. The number of hydrogen-bond donors (Lipinski definition) is 1. The SMILES string of the molecule is CCCCCCCCOc1cc(C)cc(OCCCCCCCC)c1-n1c2cc(-c3ccc(N(c4ccc(OCCCCCC)cc4)c4ccc(OCCCCCC)cc4)cc3)c3cccc4c5cccc6c(-c7ccc(-c8cc9c(s8)-c8sc(/C=C(/C#N)C(=O)O)cc8C9(CCCCCC)CCCCCC)c8nsnc78)cc1c(c65)c2c34. The van der Waals surface area contributed by atoms with Crippen LogP contribution in [0.15, 0.2) is 163 Å². The number of hydrogen-bond acceptors (Lipinski definition) is 12. The number of benzene rings is 10. The van der Waals surface area contributed by atoms with E-state index in [0.29, 0.717) is 26.4 Å². The molecular formula is C104H117N5O6S3. The number of fused-ring (bicyclic) bond motifs is 5. The standard InChI is InChI=1S/C104H117N5O6S3/c1-8-14-20-26-28-34-60-114-91-62-70(7)63-92(115-61-35-29-27-21-15-9-2)100(91)109-89-66-85(71-42-44-73(45-43-71)108(74-46-50-76(51-47-74)112-58-32-24-18-12-5)75-48-52-77(53-49-75)113-59-33-25-19-13-6)81-40-36-38-79-80-39-37-41-82-86(67-90(109)97(95(80)82)96(89)94(79)81)83-54-55-84(99-98(83)106-118-107-99)93-68-88-102(117-93)101-87(65-78(116-101)64-72(69-105)103(110)111)104(88,56-30-22-16-10-3)57-31-23-17-11-4/h36-55,62-68H,8-35,56-61H2,1-7H3,(H,110,111)/b72-64-. The van der Waals surface area contributed by atoms with E-state index in [2.05, 4.69) is 216 Å². The molecule has 10 aromatic carbocycles. The maximum Gasteiger partial charge on any atom is 0.346 e. The number of ether oxygens (including phenoxy) is 4. The fourth-order valence-electron chi connectivity index (χ4n) is 18.5. The third-order valence-corrected chi connectivity index (χ3v) is 27.6. The minimum atomic E-state index is -1.21. The second-order valence-corrected chi connectivity index (χ2v) is 35.7. The summed E-state index contributed by atoms with van der Waals surface area (Å²) in [6, 6.07) is 61.0. The molecule has 0 saturated heterocycles. The smallest absolute Gasteiger partial charge is 0.346 e. The number of aromatic nitrogens is 3. The summed E-state index contributed by atoms with van der Waals surface area (Å²) in [4.78, 5) is 19.1. The number of nitriles is 1. The van der Waals surface area contributed by atoms with Crippen LogP contribution in [0, 0.1) is 18.3 Å². The van der Waals surface area contributed by atoms with Gasteiger partial charge >= 0.3 is 5.97 Å². The van der Waals surface area contributed by atoms with Crippen LogP contribution in [0.4, 0.5) is 17.1 Å². The monoisotopic (exact) mass is 1630 g/mol. The summed E-state index contributed by atoms with van der Waals surface area (Å²) in [5, 5.41) is 29.7. The van der Waals surface area contributed by atoms with Gasteiger partial charge in [-0.3, -0.25) is 0 Å². The van der Waals surface area contributed by atoms with Crippen LogP contribution in [0.1, 0.15) is 256 Å². The van der Waals surface area contributed by atoms with Crippen molar-refractivity contribution in [3.63, 3.8) is 0 Å². The molecule has 0 fully saturated rings. The fourth-order valence-corrected chi connectivity index (χ4v) is 21.8. The molecule has 4 aromatic heterocycles. The van der Waals surface area contributed by atoms with Gasteiger partial charge in [0.2, 0.25) is 0 Å². The van der Waals surface area contributed by atoms with E-state index in [1.165, 1.54) is 173 Å².